The summed E-state index contributed by atoms with van der Waals surface area (Å²) in [5, 5.41) is 8.86. The molecule has 2 heterocycles. The number of allylic oxidation sites excluding steroid dienone is 1. The third kappa shape index (κ3) is 5.39. The van der Waals surface area contributed by atoms with Crippen LogP contribution < -0.4 is 0 Å². The zero-order valence-corrected chi connectivity index (χ0v) is 15.3. The number of hydrogen-bond donors (Lipinski definition) is 0. The minimum Gasteiger partial charge on any atom is -0.352 e. The molecule has 5 nitrogen and oxygen atoms in total. The van der Waals surface area contributed by atoms with Gasteiger partial charge in [-0.05, 0) is 31.4 Å². The Morgan fingerprint density at radius 2 is 1.69 bits per heavy atom. The smallest absolute Gasteiger partial charge is 0.183 e. The van der Waals surface area contributed by atoms with E-state index in [1.54, 1.807) is 12.1 Å². The number of nitriles is 1. The molecule has 5 heteroatoms. The zero-order valence-electron chi connectivity index (χ0n) is 15.3. The molecule has 2 saturated heterocycles. The molecule has 0 spiro atoms. The average Bonchev–Trinajstić information content (AvgIpc) is 2.72. The second kappa shape index (κ2) is 9.84. The van der Waals surface area contributed by atoms with Gasteiger partial charge in [0.1, 0.15) is 0 Å². The van der Waals surface area contributed by atoms with Crippen LogP contribution >= 0.6 is 0 Å². The molecule has 0 saturated carbocycles. The Morgan fingerprint density at radius 3 is 2.31 bits per heavy atom. The van der Waals surface area contributed by atoms with Crippen molar-refractivity contribution < 1.29 is 18.9 Å². The van der Waals surface area contributed by atoms with Crippen molar-refractivity contribution in [1.29, 1.82) is 5.26 Å². The summed E-state index contributed by atoms with van der Waals surface area (Å²) in [6, 6.07) is 9.46. The van der Waals surface area contributed by atoms with Crippen molar-refractivity contribution >= 4 is 0 Å². The Balaban J connectivity index is 1.35. The lowest BCUT2D eigenvalue weighted by Crippen LogP contribution is -2.33. The van der Waals surface area contributed by atoms with Crippen LogP contribution in [0.4, 0.5) is 0 Å². The molecule has 0 aliphatic carbocycles. The SMILES string of the molecule is CCC=CC1COC(CCC2COC(c3ccc(C#N)cc3)OC2)OC1. The largest absolute Gasteiger partial charge is 0.352 e. The van der Waals surface area contributed by atoms with Crippen molar-refractivity contribution in [1.82, 2.24) is 0 Å². The third-order valence-corrected chi connectivity index (χ3v) is 4.73. The minimum atomic E-state index is -0.340. The molecule has 140 valence electrons. The number of benzene rings is 1. The Kier molecular flexibility index (Phi) is 7.22. The summed E-state index contributed by atoms with van der Waals surface area (Å²) >= 11 is 0. The summed E-state index contributed by atoms with van der Waals surface area (Å²) in [5.74, 6) is 0.732. The molecule has 0 atom stereocenters. The summed E-state index contributed by atoms with van der Waals surface area (Å²) < 4.78 is 23.3. The number of nitrogens with zero attached hydrogens (tertiary/aromatic N) is 1. The monoisotopic (exact) mass is 357 g/mol. The Morgan fingerprint density at radius 1 is 1.00 bits per heavy atom. The minimum absolute atomic E-state index is 0.113. The molecule has 0 aromatic heterocycles. The zero-order chi connectivity index (χ0) is 18.2. The van der Waals surface area contributed by atoms with Gasteiger partial charge >= 0.3 is 0 Å². The molecule has 0 radical (unpaired) electrons. The van der Waals surface area contributed by atoms with Crippen molar-refractivity contribution in [2.75, 3.05) is 26.4 Å². The van der Waals surface area contributed by atoms with Gasteiger partial charge in [-0.1, -0.05) is 31.2 Å². The Hall–Kier alpha value is -1.71. The lowest BCUT2D eigenvalue weighted by atomic mass is 10.0. The quantitative estimate of drug-likeness (QED) is 0.721. The van der Waals surface area contributed by atoms with E-state index in [4.69, 9.17) is 24.2 Å². The summed E-state index contributed by atoms with van der Waals surface area (Å²) in [5.41, 5.74) is 1.59. The summed E-state index contributed by atoms with van der Waals surface area (Å²) in [4.78, 5) is 0. The van der Waals surface area contributed by atoms with Gasteiger partial charge in [-0.25, -0.2) is 0 Å². The molecule has 1 aromatic rings. The lowest BCUT2D eigenvalue weighted by Gasteiger charge is -2.32. The van der Waals surface area contributed by atoms with E-state index in [1.807, 2.05) is 12.1 Å². The normalized spacial score (nSPS) is 29.5. The maximum Gasteiger partial charge on any atom is 0.183 e. The second-order valence-corrected chi connectivity index (χ2v) is 6.87. The fourth-order valence-corrected chi connectivity index (χ4v) is 3.15. The van der Waals surface area contributed by atoms with Crippen LogP contribution in [0.5, 0.6) is 0 Å². The fraction of sp³-hybridized carbons (Fsp3) is 0.571. The van der Waals surface area contributed by atoms with Crippen molar-refractivity contribution in [3.8, 4) is 6.07 Å². The summed E-state index contributed by atoms with van der Waals surface area (Å²) in [6.07, 6.45) is 6.76. The molecular formula is C21H27NO4. The average molecular weight is 357 g/mol. The molecule has 0 bridgehead atoms. The molecule has 3 rings (SSSR count). The highest BCUT2D eigenvalue weighted by molar-refractivity contribution is 5.32. The van der Waals surface area contributed by atoms with Gasteiger partial charge in [-0.15, -0.1) is 0 Å². The number of rotatable bonds is 6. The van der Waals surface area contributed by atoms with Gasteiger partial charge in [0.15, 0.2) is 12.6 Å². The summed E-state index contributed by atoms with van der Waals surface area (Å²) in [7, 11) is 0. The predicted octanol–water partition coefficient (Wildman–Crippen LogP) is 3.96. The van der Waals surface area contributed by atoms with Crippen molar-refractivity contribution in [3.63, 3.8) is 0 Å². The van der Waals surface area contributed by atoms with Crippen LogP contribution in [0.25, 0.3) is 0 Å². The maximum absolute atomic E-state index is 8.86. The Bertz CT molecular complexity index is 606. The van der Waals surface area contributed by atoms with Crippen LogP contribution in [0.15, 0.2) is 36.4 Å². The highest BCUT2D eigenvalue weighted by Gasteiger charge is 2.26. The van der Waals surface area contributed by atoms with Crippen molar-refractivity contribution in [2.45, 2.75) is 38.8 Å². The van der Waals surface area contributed by atoms with E-state index in [2.05, 4.69) is 25.1 Å². The van der Waals surface area contributed by atoms with Crippen molar-refractivity contribution in [3.05, 3.63) is 47.5 Å². The topological polar surface area (TPSA) is 60.7 Å². The van der Waals surface area contributed by atoms with Crippen LogP contribution in [-0.4, -0.2) is 32.7 Å². The van der Waals surface area contributed by atoms with E-state index in [-0.39, 0.29) is 12.6 Å². The molecule has 0 amide bonds. The fourth-order valence-electron chi connectivity index (χ4n) is 3.15. The first kappa shape index (κ1) is 19.1. The first-order valence-electron chi connectivity index (χ1n) is 9.41. The van der Waals surface area contributed by atoms with Crippen LogP contribution in [0.2, 0.25) is 0 Å². The van der Waals surface area contributed by atoms with Gasteiger partial charge in [-0.3, -0.25) is 0 Å². The first-order chi connectivity index (χ1) is 12.8. The van der Waals surface area contributed by atoms with Crippen LogP contribution in [-0.2, 0) is 18.9 Å². The van der Waals surface area contributed by atoms with E-state index in [1.165, 1.54) is 0 Å². The van der Waals surface area contributed by atoms with E-state index < -0.39 is 0 Å². The van der Waals surface area contributed by atoms with E-state index in [9.17, 15) is 0 Å². The van der Waals surface area contributed by atoms with Gasteiger partial charge in [0.25, 0.3) is 0 Å². The molecule has 1 aromatic carbocycles. The molecule has 2 aliphatic heterocycles. The molecule has 26 heavy (non-hydrogen) atoms. The Labute approximate surface area is 155 Å². The van der Waals surface area contributed by atoms with Gasteiger partial charge in [0, 0.05) is 17.4 Å². The van der Waals surface area contributed by atoms with Gasteiger partial charge in [0.2, 0.25) is 0 Å². The van der Waals surface area contributed by atoms with Crippen LogP contribution in [0, 0.1) is 23.2 Å². The van der Waals surface area contributed by atoms with E-state index in [0.29, 0.717) is 30.6 Å². The second-order valence-electron chi connectivity index (χ2n) is 6.87. The number of hydrogen-bond acceptors (Lipinski definition) is 5. The van der Waals surface area contributed by atoms with Gasteiger partial charge in [-0.2, -0.15) is 5.26 Å². The standard InChI is InChI=1S/C21H27NO4/c1-2-3-4-17-12-23-20(24-13-17)10-7-18-14-25-21(26-15-18)19-8-5-16(11-22)6-9-19/h3-6,8-9,17-18,20-21H,2,7,10,12-15H2,1H3. The molecular weight excluding hydrogens is 330 g/mol. The van der Waals surface area contributed by atoms with E-state index in [0.717, 1.165) is 38.0 Å². The summed E-state index contributed by atoms with van der Waals surface area (Å²) in [6.45, 7) is 4.93. The predicted molar refractivity (Wildman–Crippen MR) is 97.1 cm³/mol. The van der Waals surface area contributed by atoms with Crippen LogP contribution in [0.1, 0.15) is 43.6 Å². The van der Waals surface area contributed by atoms with Crippen molar-refractivity contribution in [2.24, 2.45) is 11.8 Å². The molecule has 2 aliphatic rings. The highest BCUT2D eigenvalue weighted by atomic mass is 16.7. The molecule has 2 fully saturated rings. The molecule has 0 unspecified atom stereocenters. The van der Waals surface area contributed by atoms with Gasteiger partial charge < -0.3 is 18.9 Å². The van der Waals surface area contributed by atoms with Crippen LogP contribution in [0.3, 0.4) is 0 Å². The third-order valence-electron chi connectivity index (χ3n) is 4.73. The molecule has 0 N–H and O–H groups in total. The first-order valence-corrected chi connectivity index (χ1v) is 9.41. The number of ether oxygens (including phenoxy) is 4. The van der Waals surface area contributed by atoms with E-state index >= 15 is 0 Å². The lowest BCUT2D eigenvalue weighted by molar-refractivity contribution is -0.217. The highest BCUT2D eigenvalue weighted by Crippen LogP contribution is 2.28. The van der Waals surface area contributed by atoms with Gasteiger partial charge in [0.05, 0.1) is 38.1 Å². The maximum atomic E-state index is 8.86.